The molecule has 0 aliphatic carbocycles. The van der Waals surface area contributed by atoms with E-state index in [1.807, 2.05) is 41.3 Å². The minimum Gasteiger partial charge on any atom is -0.454 e. The highest BCUT2D eigenvalue weighted by Crippen LogP contribution is 2.36. The third-order valence-corrected chi connectivity index (χ3v) is 5.26. The zero-order valence-corrected chi connectivity index (χ0v) is 15.4. The number of nitrogens with zero attached hydrogens (tertiary/aromatic N) is 1. The first-order valence-corrected chi connectivity index (χ1v) is 9.01. The molecule has 0 spiro atoms. The minimum atomic E-state index is -0.223. The number of urea groups is 1. The summed E-state index contributed by atoms with van der Waals surface area (Å²) in [7, 11) is 0. The van der Waals surface area contributed by atoms with E-state index in [2.05, 4.69) is 32.2 Å². The van der Waals surface area contributed by atoms with Gasteiger partial charge in [0.05, 0.1) is 0 Å². The van der Waals surface area contributed by atoms with E-state index in [1.54, 1.807) is 0 Å². The molecule has 5 nitrogen and oxygen atoms in total. The van der Waals surface area contributed by atoms with Crippen molar-refractivity contribution in [3.63, 3.8) is 0 Å². The van der Waals surface area contributed by atoms with Crippen molar-refractivity contribution >= 4 is 11.7 Å². The summed E-state index contributed by atoms with van der Waals surface area (Å²) in [5.41, 5.74) is 3.12. The Morgan fingerprint density at radius 1 is 1.19 bits per heavy atom. The van der Waals surface area contributed by atoms with Crippen LogP contribution in [-0.2, 0) is 11.8 Å². The van der Waals surface area contributed by atoms with E-state index in [-0.39, 0.29) is 24.3 Å². The van der Waals surface area contributed by atoms with E-state index in [0.717, 1.165) is 29.2 Å². The molecular formula is C21H24N2O3. The predicted molar refractivity (Wildman–Crippen MR) is 101 cm³/mol. The summed E-state index contributed by atoms with van der Waals surface area (Å²) < 4.78 is 10.9. The summed E-state index contributed by atoms with van der Waals surface area (Å²) in [5.74, 6) is 1.54. The number of para-hydroxylation sites is 1. The maximum absolute atomic E-state index is 12.9. The lowest BCUT2D eigenvalue weighted by atomic mass is 9.84. The topological polar surface area (TPSA) is 50.8 Å². The van der Waals surface area contributed by atoms with Gasteiger partial charge >= 0.3 is 6.03 Å². The lowest BCUT2D eigenvalue weighted by Gasteiger charge is -2.29. The van der Waals surface area contributed by atoms with Crippen LogP contribution in [0.4, 0.5) is 10.5 Å². The van der Waals surface area contributed by atoms with Gasteiger partial charge in [0.2, 0.25) is 6.79 Å². The van der Waals surface area contributed by atoms with Crippen LogP contribution >= 0.6 is 0 Å². The number of ether oxygens (including phenoxy) is 2. The molecular weight excluding hydrogens is 328 g/mol. The lowest BCUT2D eigenvalue weighted by molar-refractivity contribution is 0.174. The number of hydrogen-bond acceptors (Lipinski definition) is 3. The van der Waals surface area contributed by atoms with Crippen LogP contribution in [0.15, 0.2) is 42.5 Å². The summed E-state index contributed by atoms with van der Waals surface area (Å²) in [6.45, 7) is 7.12. The molecule has 1 N–H and O–H groups in total. The molecule has 136 valence electrons. The smallest absolute Gasteiger partial charge is 0.322 e. The lowest BCUT2D eigenvalue weighted by Crippen LogP contribution is -2.47. The van der Waals surface area contributed by atoms with Crippen LogP contribution in [0, 0.1) is 0 Å². The second-order valence-electron chi connectivity index (χ2n) is 7.66. The average Bonchev–Trinajstić information content (AvgIpc) is 3.22. The molecule has 2 aromatic rings. The summed E-state index contributed by atoms with van der Waals surface area (Å²) in [4.78, 5) is 14.7. The van der Waals surface area contributed by atoms with Crippen LogP contribution < -0.4 is 19.7 Å². The van der Waals surface area contributed by atoms with Crippen molar-refractivity contribution in [3.8, 4) is 11.5 Å². The number of hydrogen-bond donors (Lipinski definition) is 1. The molecule has 1 unspecified atom stereocenters. The molecule has 0 bridgehead atoms. The second kappa shape index (κ2) is 6.24. The normalized spacial score (nSPS) is 18.0. The molecule has 26 heavy (non-hydrogen) atoms. The first-order valence-electron chi connectivity index (χ1n) is 9.01. The van der Waals surface area contributed by atoms with Crippen molar-refractivity contribution in [2.75, 3.05) is 18.2 Å². The Hall–Kier alpha value is -2.69. The summed E-state index contributed by atoms with van der Waals surface area (Å²) in [6, 6.07) is 14.2. The van der Waals surface area contributed by atoms with Crippen molar-refractivity contribution in [1.29, 1.82) is 0 Å². The maximum atomic E-state index is 12.9. The number of carbonyl (C=O) groups is 1. The van der Waals surface area contributed by atoms with Gasteiger partial charge in [-0.25, -0.2) is 4.79 Å². The van der Waals surface area contributed by atoms with Crippen LogP contribution in [0.1, 0.15) is 31.9 Å². The molecule has 0 fully saturated rings. The number of nitrogens with one attached hydrogen (secondary N) is 1. The van der Waals surface area contributed by atoms with Gasteiger partial charge < -0.3 is 14.8 Å². The Morgan fingerprint density at radius 3 is 2.81 bits per heavy atom. The van der Waals surface area contributed by atoms with Crippen molar-refractivity contribution in [2.45, 2.75) is 38.6 Å². The third-order valence-electron chi connectivity index (χ3n) is 5.26. The van der Waals surface area contributed by atoms with E-state index < -0.39 is 0 Å². The fourth-order valence-corrected chi connectivity index (χ4v) is 3.68. The Bertz CT molecular complexity index is 847. The molecule has 0 aromatic heterocycles. The van der Waals surface area contributed by atoms with Crippen LogP contribution in [-0.4, -0.2) is 25.4 Å². The summed E-state index contributed by atoms with van der Waals surface area (Å²) in [5, 5.41) is 3.12. The standard InChI is InChI=1S/C21H24N2O3/c1-14-10-15-6-4-5-7-17(15)23(14)20(24)22-12-21(2,3)16-8-9-18-19(11-16)26-13-25-18/h4-9,11,14H,10,12-13H2,1-3H3,(H,22,24). The van der Waals surface area contributed by atoms with Gasteiger partial charge in [0, 0.05) is 23.7 Å². The van der Waals surface area contributed by atoms with Crippen molar-refractivity contribution in [3.05, 3.63) is 53.6 Å². The van der Waals surface area contributed by atoms with Gasteiger partial charge in [0.15, 0.2) is 11.5 Å². The number of rotatable bonds is 3. The minimum absolute atomic E-state index is 0.0451. The van der Waals surface area contributed by atoms with Gasteiger partial charge in [0.25, 0.3) is 0 Å². The van der Waals surface area contributed by atoms with Crippen LogP contribution in [0.3, 0.4) is 0 Å². The molecule has 0 saturated carbocycles. The molecule has 0 radical (unpaired) electrons. The monoisotopic (exact) mass is 352 g/mol. The van der Waals surface area contributed by atoms with Crippen molar-refractivity contribution < 1.29 is 14.3 Å². The maximum Gasteiger partial charge on any atom is 0.322 e. The summed E-state index contributed by atoms with van der Waals surface area (Å²) >= 11 is 0. The highest BCUT2D eigenvalue weighted by molar-refractivity contribution is 5.95. The molecule has 4 rings (SSSR count). The van der Waals surface area contributed by atoms with Gasteiger partial charge in [-0.1, -0.05) is 38.1 Å². The largest absolute Gasteiger partial charge is 0.454 e. The Balaban J connectivity index is 1.47. The molecule has 5 heteroatoms. The van der Waals surface area contributed by atoms with Gasteiger partial charge in [0.1, 0.15) is 0 Å². The second-order valence-corrected chi connectivity index (χ2v) is 7.66. The van der Waals surface area contributed by atoms with Gasteiger partial charge in [-0.05, 0) is 42.7 Å². The third kappa shape index (κ3) is 2.87. The van der Waals surface area contributed by atoms with Crippen LogP contribution in [0.5, 0.6) is 11.5 Å². The van der Waals surface area contributed by atoms with E-state index in [1.165, 1.54) is 5.56 Å². The molecule has 2 heterocycles. The number of benzene rings is 2. The SMILES string of the molecule is CC1Cc2ccccc2N1C(=O)NCC(C)(C)c1ccc2c(c1)OCO2. The number of anilines is 1. The molecule has 2 aliphatic heterocycles. The van der Waals surface area contributed by atoms with E-state index in [0.29, 0.717) is 6.54 Å². The Morgan fingerprint density at radius 2 is 1.96 bits per heavy atom. The zero-order valence-electron chi connectivity index (χ0n) is 15.4. The quantitative estimate of drug-likeness (QED) is 0.913. The number of fused-ring (bicyclic) bond motifs is 2. The Labute approximate surface area is 153 Å². The predicted octanol–water partition coefficient (Wildman–Crippen LogP) is 3.85. The van der Waals surface area contributed by atoms with Gasteiger partial charge in [-0.3, -0.25) is 4.90 Å². The Kier molecular flexibility index (Phi) is 4.02. The van der Waals surface area contributed by atoms with Crippen LogP contribution in [0.2, 0.25) is 0 Å². The molecule has 2 aromatic carbocycles. The van der Waals surface area contributed by atoms with Gasteiger partial charge in [-0.15, -0.1) is 0 Å². The van der Waals surface area contributed by atoms with E-state index in [9.17, 15) is 4.79 Å². The first kappa shape index (κ1) is 16.8. The van der Waals surface area contributed by atoms with E-state index in [4.69, 9.17) is 9.47 Å². The molecule has 2 amide bonds. The fraction of sp³-hybridized carbons (Fsp3) is 0.381. The molecule has 0 saturated heterocycles. The fourth-order valence-electron chi connectivity index (χ4n) is 3.68. The van der Waals surface area contributed by atoms with Crippen molar-refractivity contribution in [1.82, 2.24) is 5.32 Å². The highest BCUT2D eigenvalue weighted by Gasteiger charge is 2.32. The van der Waals surface area contributed by atoms with Crippen molar-refractivity contribution in [2.24, 2.45) is 0 Å². The molecule has 2 aliphatic rings. The summed E-state index contributed by atoms with van der Waals surface area (Å²) in [6.07, 6.45) is 0.898. The molecule has 1 atom stereocenters. The number of carbonyl (C=O) groups excluding carboxylic acids is 1. The highest BCUT2D eigenvalue weighted by atomic mass is 16.7. The zero-order chi connectivity index (χ0) is 18.3. The van der Waals surface area contributed by atoms with Crippen LogP contribution in [0.25, 0.3) is 0 Å². The van der Waals surface area contributed by atoms with E-state index >= 15 is 0 Å². The average molecular weight is 352 g/mol. The van der Waals surface area contributed by atoms with Gasteiger partial charge in [-0.2, -0.15) is 0 Å². The number of amides is 2. The first-order chi connectivity index (χ1) is 12.5.